The summed E-state index contributed by atoms with van der Waals surface area (Å²) in [4.78, 5) is 36.6. The predicted molar refractivity (Wildman–Crippen MR) is 415 cm³/mol. The lowest BCUT2D eigenvalue weighted by molar-refractivity contribution is -0.138. The fourth-order valence-corrected chi connectivity index (χ4v) is 14.9. The third kappa shape index (κ3) is 12.2. The maximum atomic E-state index is 14.3. The van der Waals surface area contributed by atoms with Crippen molar-refractivity contribution in [3.05, 3.63) is 323 Å². The van der Waals surface area contributed by atoms with Crippen LogP contribution in [0.2, 0.25) is 0 Å². The number of halogens is 9. The minimum atomic E-state index is -4.66. The van der Waals surface area contributed by atoms with Gasteiger partial charge in [0.25, 0.3) is 0 Å². The summed E-state index contributed by atoms with van der Waals surface area (Å²) in [5.74, 6) is 0. The summed E-state index contributed by atoms with van der Waals surface area (Å²) in [6, 6.07) is 76.2. The number of benzene rings is 8. The molecular weight excluding hydrogens is 1380 g/mol. The van der Waals surface area contributed by atoms with Crippen LogP contribution < -0.4 is 0 Å². The van der Waals surface area contributed by atoms with Gasteiger partial charge in [0.15, 0.2) is 0 Å². The average Bonchev–Trinajstić information content (AvgIpc) is 1.60. The van der Waals surface area contributed by atoms with Crippen LogP contribution in [0.1, 0.15) is 62.2 Å². The molecule has 0 atom stereocenters. The summed E-state index contributed by atoms with van der Waals surface area (Å²) in [5, 5.41) is 0. The topological polar surface area (TPSA) is 115 Å². The molecule has 8 nitrogen and oxygen atoms in total. The summed E-state index contributed by atoms with van der Waals surface area (Å²) in [6.07, 6.45) is 1.23. The van der Waals surface area contributed by atoms with Crippen LogP contribution >= 0.6 is 0 Å². The zero-order valence-corrected chi connectivity index (χ0v) is 56.6. The van der Waals surface area contributed by atoms with E-state index >= 15 is 0 Å². The minimum absolute atomic E-state index is 0.286. The molecule has 4 N–H and O–H groups in total. The monoisotopic (exact) mass is 1430 g/mol. The fraction of sp³-hybridized carbons (Fsp3) is 0.0330. The first-order valence-electron chi connectivity index (χ1n) is 34.6. The normalized spacial score (nSPS) is 12.7. The third-order valence-corrected chi connectivity index (χ3v) is 19.9. The van der Waals surface area contributed by atoms with Crippen molar-refractivity contribution in [2.75, 3.05) is 0 Å². The van der Waals surface area contributed by atoms with Gasteiger partial charge in [0, 0.05) is 88.7 Å². The average molecular weight is 1430 g/mol. The van der Waals surface area contributed by atoms with Crippen LogP contribution in [0.5, 0.6) is 0 Å². The molecule has 522 valence electrons. The van der Waals surface area contributed by atoms with Crippen LogP contribution in [-0.2, 0) is 18.5 Å². The van der Waals surface area contributed by atoms with Crippen LogP contribution in [0.25, 0.3) is 193 Å². The van der Waals surface area contributed by atoms with Crippen molar-refractivity contribution in [3.8, 4) is 100 Å². The van der Waals surface area contributed by atoms with Gasteiger partial charge in [-0.3, -0.25) is 0 Å². The maximum absolute atomic E-state index is 14.3. The van der Waals surface area contributed by atoms with Crippen molar-refractivity contribution >= 4 is 92.7 Å². The largest absolute Gasteiger partial charge is 0.416 e. The number of aromatic nitrogens is 8. The van der Waals surface area contributed by atoms with Crippen LogP contribution in [0.3, 0.4) is 0 Å². The molecule has 4 aliphatic heterocycles. The van der Waals surface area contributed by atoms with Gasteiger partial charge in [-0.2, -0.15) is 39.5 Å². The predicted octanol–water partition coefficient (Wildman–Crippen LogP) is 25.7. The van der Waals surface area contributed by atoms with Crippen LogP contribution in [0.4, 0.5) is 39.5 Å². The van der Waals surface area contributed by atoms with E-state index in [1.807, 2.05) is 109 Å². The lowest BCUT2D eigenvalue weighted by atomic mass is 9.96. The molecule has 0 unspecified atom stereocenters. The Morgan fingerprint density at radius 2 is 0.398 bits per heavy atom. The molecule has 8 aromatic carbocycles. The Hall–Kier alpha value is -13.7. The first-order chi connectivity index (χ1) is 52.4. The summed E-state index contributed by atoms with van der Waals surface area (Å²) in [7, 11) is 0. The molecule has 0 aliphatic carbocycles. The van der Waals surface area contributed by atoms with Crippen molar-refractivity contribution in [1.29, 1.82) is 0 Å². The zero-order chi connectivity index (χ0) is 73.6. The molecule has 4 aliphatic rings. The van der Waals surface area contributed by atoms with Crippen LogP contribution in [-0.4, -0.2) is 39.9 Å². The molecule has 0 spiro atoms. The van der Waals surface area contributed by atoms with Gasteiger partial charge in [0.2, 0.25) is 0 Å². The highest BCUT2D eigenvalue weighted by molar-refractivity contribution is 6.06. The third-order valence-electron chi connectivity index (χ3n) is 19.9. The van der Waals surface area contributed by atoms with Crippen molar-refractivity contribution in [2.24, 2.45) is 0 Å². The first kappa shape index (κ1) is 66.3. The molecule has 0 amide bonds. The van der Waals surface area contributed by atoms with E-state index in [9.17, 15) is 39.5 Å². The highest BCUT2D eigenvalue weighted by atomic mass is 19.4. The molecule has 6 aromatic heterocycles. The van der Waals surface area contributed by atoms with Gasteiger partial charge in [-0.1, -0.05) is 182 Å². The van der Waals surface area contributed by atoms with Gasteiger partial charge in [-0.15, -0.1) is 0 Å². The van der Waals surface area contributed by atoms with E-state index in [1.165, 1.54) is 36.4 Å². The molecule has 17 heteroatoms. The molecule has 16 bridgehead atoms. The highest BCUT2D eigenvalue weighted by Gasteiger charge is 2.33. The van der Waals surface area contributed by atoms with Crippen molar-refractivity contribution in [3.63, 3.8) is 0 Å². The van der Waals surface area contributed by atoms with E-state index in [1.54, 1.807) is 36.4 Å². The van der Waals surface area contributed by atoms with E-state index in [0.29, 0.717) is 89.4 Å². The second kappa shape index (κ2) is 26.2. The molecule has 108 heavy (non-hydrogen) atoms. The molecular formula is C91H55F9N8. The van der Waals surface area contributed by atoms with Gasteiger partial charge in [-0.25, -0.2) is 19.9 Å². The van der Waals surface area contributed by atoms with E-state index in [4.69, 9.17) is 19.9 Å². The van der Waals surface area contributed by atoms with Gasteiger partial charge < -0.3 is 19.9 Å². The number of alkyl halides is 9. The summed E-state index contributed by atoms with van der Waals surface area (Å²) in [6.45, 7) is 0. The lowest BCUT2D eigenvalue weighted by Crippen LogP contribution is -2.04. The number of H-pyrrole nitrogens is 4. The fourth-order valence-electron chi connectivity index (χ4n) is 14.9. The molecule has 0 fully saturated rings. The number of aromatic amines is 4. The van der Waals surface area contributed by atoms with Gasteiger partial charge in [0.05, 0.1) is 67.8 Å². The van der Waals surface area contributed by atoms with E-state index in [-0.39, 0.29) is 5.69 Å². The Labute approximate surface area is 610 Å². The standard InChI is InChI=1S/C91H55F9N8/c92-89(93,94)61-31-25-58(26-32-61)83-71-41-39-69(102-71)82(70-40-42-72(103-70)84(59-27-33-62(34-28-59)90(95,96)97)74-44-46-76(105-74)85(75-45-43-73(83)104-75)60-29-35-63(36-30-60)91(98,99)100)57-23-21-52(22-24-57)64-51-79-86(55-17-9-3-10-18-55)77-48-47-67(106-77)80(53-13-5-1-6-14-53)65-37-38-66(101-65)81(54-15-7-2-8-16-54)68-49-50-78(107-68)87(88(64)108-79)56-19-11-4-12-20-56/h1-51,101-102,105,108H. The van der Waals surface area contributed by atoms with Crippen molar-refractivity contribution < 1.29 is 39.5 Å². The smallest absolute Gasteiger partial charge is 0.354 e. The molecule has 0 radical (unpaired) electrons. The Bertz CT molecular complexity index is 6370. The number of rotatable bonds is 9. The Morgan fingerprint density at radius 3 is 0.648 bits per heavy atom. The maximum Gasteiger partial charge on any atom is 0.416 e. The molecule has 14 aromatic rings. The lowest BCUT2D eigenvalue weighted by Gasteiger charge is -2.10. The molecule has 0 saturated heterocycles. The summed E-state index contributed by atoms with van der Waals surface area (Å²) in [5.41, 5.74) is 18.9. The zero-order valence-electron chi connectivity index (χ0n) is 56.6. The second-order valence-electron chi connectivity index (χ2n) is 26.5. The molecule has 18 rings (SSSR count). The Balaban J connectivity index is 0.913. The summed E-state index contributed by atoms with van der Waals surface area (Å²) < 4.78 is 129. The second-order valence-corrected chi connectivity index (χ2v) is 26.5. The van der Waals surface area contributed by atoms with Crippen molar-refractivity contribution in [1.82, 2.24) is 39.9 Å². The van der Waals surface area contributed by atoms with Crippen LogP contribution in [0.15, 0.2) is 261 Å². The van der Waals surface area contributed by atoms with Gasteiger partial charge in [0.1, 0.15) is 0 Å². The SMILES string of the molecule is FC(F)(F)c1ccc(-c2c3nc(c(-c4ccc(C(F)(F)F)cc4)c4ccc([nH]4)c(-c4ccc(C(F)(F)F)cc4)c4nc(c(-c5ccc(-c6cc7[nH]c6c(-c6ccccc6)c6nc(c(-c8ccccc8)c8ccc([nH]8)c(-c8ccccc8)c8nc(c7-c7ccccc7)C=C8)C=C6)cc5)c5ccc2[nH]5)C=C4)C=C3)cc1. The number of fused-ring (bicyclic) bond motifs is 16. The van der Waals surface area contributed by atoms with Crippen molar-refractivity contribution in [2.45, 2.75) is 18.5 Å². The number of nitrogens with one attached hydrogen (secondary N) is 4. The van der Waals surface area contributed by atoms with E-state index < -0.39 is 35.2 Å². The van der Waals surface area contributed by atoms with Gasteiger partial charge in [-0.05, 0) is 178 Å². The highest BCUT2D eigenvalue weighted by Crippen LogP contribution is 2.46. The molecule has 0 saturated carbocycles. The molecule has 10 heterocycles. The Morgan fingerprint density at radius 1 is 0.194 bits per heavy atom. The minimum Gasteiger partial charge on any atom is -0.354 e. The van der Waals surface area contributed by atoms with Crippen LogP contribution in [0, 0.1) is 0 Å². The number of hydrogen-bond acceptors (Lipinski definition) is 4. The Kier molecular flexibility index (Phi) is 16.1. The van der Waals surface area contributed by atoms with E-state index in [0.717, 1.165) is 131 Å². The van der Waals surface area contributed by atoms with Gasteiger partial charge >= 0.3 is 18.5 Å². The summed E-state index contributed by atoms with van der Waals surface area (Å²) >= 11 is 0. The number of nitrogens with zero attached hydrogens (tertiary/aromatic N) is 4. The number of hydrogen-bond donors (Lipinski definition) is 4. The first-order valence-corrected chi connectivity index (χ1v) is 34.6. The van der Waals surface area contributed by atoms with E-state index in [2.05, 4.69) is 111 Å². The quantitative estimate of drug-likeness (QED) is 0.108.